The number of nitrogens with two attached hydrogens (primary N) is 2. The zero-order valence-electron chi connectivity index (χ0n) is 12.5. The number of halogens is 1. The maximum Gasteiger partial charge on any atom is 0.188 e. The molecule has 118 valence electrons. The van der Waals surface area contributed by atoms with E-state index in [4.69, 9.17) is 28.3 Å². The molecule has 0 amide bonds. The van der Waals surface area contributed by atoms with E-state index in [2.05, 4.69) is 10.1 Å². The lowest BCUT2D eigenvalue weighted by Crippen LogP contribution is -2.17. The van der Waals surface area contributed by atoms with Gasteiger partial charge in [0.15, 0.2) is 17.3 Å². The molecule has 0 aliphatic heterocycles. The molecule has 0 bridgehead atoms. The molecule has 0 fully saturated rings. The minimum absolute atomic E-state index is 0.0623. The van der Waals surface area contributed by atoms with Crippen LogP contribution in [0.25, 0.3) is 0 Å². The summed E-state index contributed by atoms with van der Waals surface area (Å²) in [7, 11) is 0. The normalized spacial score (nSPS) is 11.2. The molecule has 1 heterocycles. The number of benzene rings is 2. The molecule has 0 unspecified atom stereocenters. The van der Waals surface area contributed by atoms with Crippen molar-refractivity contribution in [2.24, 2.45) is 4.99 Å². The second kappa shape index (κ2) is 6.44. The number of aliphatic imine (C=N–C) groups is 1. The zero-order valence-corrected chi connectivity index (χ0v) is 13.3. The predicted octanol–water partition coefficient (Wildman–Crippen LogP) is 3.20. The maximum absolute atomic E-state index is 9.11. The third kappa shape index (κ3) is 2.93. The minimum Gasteiger partial charge on any atom is -0.393 e. The molecule has 0 saturated carbocycles. The van der Waals surface area contributed by atoms with Gasteiger partial charge in [-0.2, -0.15) is 15.0 Å². The number of nitrogen functional groups attached to an aromatic ring is 2. The van der Waals surface area contributed by atoms with E-state index in [1.807, 2.05) is 36.4 Å². The summed E-state index contributed by atoms with van der Waals surface area (Å²) in [6.07, 6.45) is 0. The fourth-order valence-electron chi connectivity index (χ4n) is 2.15. The summed E-state index contributed by atoms with van der Waals surface area (Å²) in [5.74, 6) is 0.631. The predicted molar refractivity (Wildman–Crippen MR) is 95.3 cm³/mol. The van der Waals surface area contributed by atoms with Crippen molar-refractivity contribution in [3.8, 4) is 6.07 Å². The van der Waals surface area contributed by atoms with Gasteiger partial charge in [-0.05, 0) is 24.3 Å². The fourth-order valence-corrected chi connectivity index (χ4v) is 2.27. The van der Waals surface area contributed by atoms with Gasteiger partial charge in [-0.1, -0.05) is 41.9 Å². The largest absolute Gasteiger partial charge is 0.393 e. The summed E-state index contributed by atoms with van der Waals surface area (Å²) in [6.45, 7) is 0. The van der Waals surface area contributed by atoms with Crippen LogP contribution in [0.5, 0.6) is 0 Å². The summed E-state index contributed by atoms with van der Waals surface area (Å²) in [6, 6.07) is 18.4. The standard InChI is InChI=1S/C17H13ClN6/c18-12-6-8-13(9-7-12)22-17(11-4-2-1-3-5-11)24-16(21)15(20)14(10-19)23-24/h1-9H,20-21H2. The minimum atomic E-state index is 0.0623. The monoisotopic (exact) mass is 336 g/mol. The van der Waals surface area contributed by atoms with Crippen molar-refractivity contribution in [3.05, 3.63) is 70.9 Å². The molecule has 0 aliphatic rings. The highest BCUT2D eigenvalue weighted by molar-refractivity contribution is 6.30. The Morgan fingerprint density at radius 3 is 2.33 bits per heavy atom. The Balaban J connectivity index is 2.20. The molecule has 0 spiro atoms. The van der Waals surface area contributed by atoms with Crippen LogP contribution in [0.1, 0.15) is 11.3 Å². The van der Waals surface area contributed by atoms with Crippen molar-refractivity contribution in [3.63, 3.8) is 0 Å². The van der Waals surface area contributed by atoms with E-state index in [0.717, 1.165) is 5.56 Å². The third-order valence-corrected chi connectivity index (χ3v) is 3.61. The van der Waals surface area contributed by atoms with Crippen LogP contribution >= 0.6 is 11.6 Å². The fraction of sp³-hybridized carbons (Fsp3) is 0. The van der Waals surface area contributed by atoms with E-state index < -0.39 is 0 Å². The maximum atomic E-state index is 9.11. The molecular formula is C17H13ClN6. The molecule has 0 saturated heterocycles. The highest BCUT2D eigenvalue weighted by Gasteiger charge is 2.17. The van der Waals surface area contributed by atoms with Crippen LogP contribution in [-0.2, 0) is 0 Å². The van der Waals surface area contributed by atoms with Crippen molar-refractivity contribution >= 4 is 34.6 Å². The number of hydrogen-bond acceptors (Lipinski definition) is 5. The quantitative estimate of drug-likeness (QED) is 0.553. The van der Waals surface area contributed by atoms with Crippen LogP contribution < -0.4 is 11.5 Å². The van der Waals surface area contributed by atoms with E-state index in [9.17, 15) is 0 Å². The Labute approximate surface area is 143 Å². The Morgan fingerprint density at radius 2 is 1.75 bits per heavy atom. The molecule has 0 aliphatic carbocycles. The Bertz CT molecular complexity index is 936. The molecular weight excluding hydrogens is 324 g/mol. The van der Waals surface area contributed by atoms with E-state index in [1.54, 1.807) is 24.3 Å². The molecule has 24 heavy (non-hydrogen) atoms. The third-order valence-electron chi connectivity index (χ3n) is 3.36. The average molecular weight is 337 g/mol. The van der Waals surface area contributed by atoms with Crippen LogP contribution in [0.3, 0.4) is 0 Å². The first-order valence-corrected chi connectivity index (χ1v) is 7.42. The van der Waals surface area contributed by atoms with Gasteiger partial charge in [0.25, 0.3) is 0 Å². The molecule has 2 aromatic carbocycles. The van der Waals surface area contributed by atoms with Gasteiger partial charge in [0.05, 0.1) is 5.69 Å². The Morgan fingerprint density at radius 1 is 1.08 bits per heavy atom. The van der Waals surface area contributed by atoms with Gasteiger partial charge in [-0.25, -0.2) is 4.99 Å². The SMILES string of the molecule is N#Cc1nn(C(=Nc2ccc(Cl)cc2)c2ccccc2)c(N)c1N. The lowest BCUT2D eigenvalue weighted by Gasteiger charge is -2.09. The van der Waals surface area contributed by atoms with Gasteiger partial charge in [0.2, 0.25) is 0 Å². The summed E-state index contributed by atoms with van der Waals surface area (Å²) in [5.41, 5.74) is 13.5. The second-order valence-electron chi connectivity index (χ2n) is 4.95. The average Bonchev–Trinajstić information content (AvgIpc) is 2.90. The number of anilines is 2. The van der Waals surface area contributed by atoms with Gasteiger partial charge in [0, 0.05) is 10.6 Å². The smallest absolute Gasteiger partial charge is 0.188 e. The molecule has 0 radical (unpaired) electrons. The van der Waals surface area contributed by atoms with E-state index in [0.29, 0.717) is 16.5 Å². The number of nitrogens with zero attached hydrogens (tertiary/aromatic N) is 4. The van der Waals surface area contributed by atoms with E-state index >= 15 is 0 Å². The van der Waals surface area contributed by atoms with Crippen LogP contribution in [0.2, 0.25) is 5.02 Å². The lowest BCUT2D eigenvalue weighted by molar-refractivity contribution is 0.933. The highest BCUT2D eigenvalue weighted by Crippen LogP contribution is 2.23. The van der Waals surface area contributed by atoms with Crippen molar-refractivity contribution in [2.45, 2.75) is 0 Å². The first-order valence-electron chi connectivity index (χ1n) is 7.04. The highest BCUT2D eigenvalue weighted by atomic mass is 35.5. The van der Waals surface area contributed by atoms with Crippen LogP contribution in [0.4, 0.5) is 17.2 Å². The van der Waals surface area contributed by atoms with Crippen LogP contribution in [0.15, 0.2) is 59.6 Å². The van der Waals surface area contributed by atoms with Crippen molar-refractivity contribution in [1.82, 2.24) is 9.78 Å². The second-order valence-corrected chi connectivity index (χ2v) is 5.39. The van der Waals surface area contributed by atoms with Gasteiger partial charge in [-0.15, -0.1) is 0 Å². The first-order chi connectivity index (χ1) is 11.6. The van der Waals surface area contributed by atoms with Crippen LogP contribution in [0, 0.1) is 11.3 Å². The number of rotatable bonds is 2. The molecule has 3 rings (SSSR count). The molecule has 4 N–H and O–H groups in total. The summed E-state index contributed by atoms with van der Waals surface area (Å²) < 4.78 is 1.37. The molecule has 1 aromatic heterocycles. The van der Waals surface area contributed by atoms with Gasteiger partial charge >= 0.3 is 0 Å². The molecule has 7 heteroatoms. The van der Waals surface area contributed by atoms with Crippen molar-refractivity contribution < 1.29 is 0 Å². The first kappa shape index (κ1) is 15.6. The summed E-state index contributed by atoms with van der Waals surface area (Å²) in [5, 5.41) is 13.9. The van der Waals surface area contributed by atoms with E-state index in [-0.39, 0.29) is 17.2 Å². The number of hydrogen-bond donors (Lipinski definition) is 2. The van der Waals surface area contributed by atoms with Crippen LogP contribution in [-0.4, -0.2) is 15.6 Å². The molecule has 0 atom stereocenters. The topological polar surface area (TPSA) is 106 Å². The number of nitriles is 1. The van der Waals surface area contributed by atoms with Gasteiger partial charge < -0.3 is 11.5 Å². The Kier molecular flexibility index (Phi) is 4.18. The van der Waals surface area contributed by atoms with Gasteiger partial charge in [-0.3, -0.25) is 0 Å². The summed E-state index contributed by atoms with van der Waals surface area (Å²) >= 11 is 5.91. The molecule has 3 aromatic rings. The van der Waals surface area contributed by atoms with Crippen molar-refractivity contribution in [1.29, 1.82) is 5.26 Å². The Hall–Kier alpha value is -3.30. The lowest BCUT2D eigenvalue weighted by atomic mass is 10.2. The summed E-state index contributed by atoms with van der Waals surface area (Å²) in [4.78, 5) is 4.60. The van der Waals surface area contributed by atoms with Gasteiger partial charge in [0.1, 0.15) is 11.8 Å². The van der Waals surface area contributed by atoms with E-state index in [1.165, 1.54) is 4.68 Å². The molecule has 6 nitrogen and oxygen atoms in total. The number of aromatic nitrogens is 2. The van der Waals surface area contributed by atoms with Crippen molar-refractivity contribution in [2.75, 3.05) is 11.5 Å². The zero-order chi connectivity index (χ0) is 17.1.